The lowest BCUT2D eigenvalue weighted by atomic mass is 10.0. The fraction of sp³-hybridized carbons (Fsp3) is 0.219. The van der Waals surface area contributed by atoms with Crippen LogP contribution in [0.1, 0.15) is 34.5 Å². The summed E-state index contributed by atoms with van der Waals surface area (Å²) in [4.78, 5) is 32.6. The van der Waals surface area contributed by atoms with Crippen LogP contribution in [-0.4, -0.2) is 37.6 Å². The third-order valence-corrected chi connectivity index (χ3v) is 6.79. The normalized spacial score (nSPS) is 12.6. The second-order valence-corrected chi connectivity index (χ2v) is 9.57. The van der Waals surface area contributed by atoms with Crippen LogP contribution < -0.4 is 25.4 Å². The fourth-order valence-electron chi connectivity index (χ4n) is 4.47. The number of nitrogens with zero attached hydrogens (tertiary/aromatic N) is 2. The summed E-state index contributed by atoms with van der Waals surface area (Å²) >= 11 is 0. The molecule has 0 aliphatic rings. The average molecular weight is 593 g/mol. The van der Waals surface area contributed by atoms with E-state index in [0.29, 0.717) is 33.9 Å². The van der Waals surface area contributed by atoms with Crippen molar-refractivity contribution < 1.29 is 32.2 Å². The second-order valence-electron chi connectivity index (χ2n) is 9.57. The zero-order chi connectivity index (χ0) is 31.0. The molecule has 224 valence electrons. The number of hydrogen-bond donors (Lipinski definition) is 2. The molecular weight excluding hydrogens is 561 g/mol. The lowest BCUT2D eigenvalue weighted by molar-refractivity contribution is -0.141. The maximum atomic E-state index is 14.3. The molecule has 0 bridgehead atoms. The first kappa shape index (κ1) is 31.0. The second kappa shape index (κ2) is 13.8. The van der Waals surface area contributed by atoms with Gasteiger partial charge in [-0.3, -0.25) is 14.6 Å². The highest BCUT2D eigenvalue weighted by Gasteiger charge is 2.33. The quantitative estimate of drug-likeness (QED) is 0.246. The summed E-state index contributed by atoms with van der Waals surface area (Å²) in [6.07, 6.45) is -3.26. The summed E-state index contributed by atoms with van der Waals surface area (Å²) < 4.78 is 49.9. The van der Waals surface area contributed by atoms with Crippen LogP contribution in [-0.2, 0) is 22.2 Å². The molecule has 0 unspecified atom stereocenters. The standard InChI is InChI=1S/C32H31F3N4O4/c1-42-25-15-14-24(19-26(25)43-2)39(18-17-21-13-16-27(37-20-21)32(33,34)35)31(41)29(23-11-7-4-8-12-23)38-30(40)28(36)22-9-5-3-6-10-22/h3-16,19-20,28-29H,17-18,36H2,1-2H3,(H,38,40)/t28-,29-/m0/s1. The largest absolute Gasteiger partial charge is 0.493 e. The molecule has 4 aromatic rings. The Balaban J connectivity index is 1.69. The summed E-state index contributed by atoms with van der Waals surface area (Å²) in [5.41, 5.74) is 7.23. The molecule has 0 aliphatic heterocycles. The lowest BCUT2D eigenvalue weighted by Gasteiger charge is -2.29. The summed E-state index contributed by atoms with van der Waals surface area (Å²) in [6, 6.07) is 22.4. The van der Waals surface area contributed by atoms with Crippen molar-refractivity contribution in [2.24, 2.45) is 5.73 Å². The van der Waals surface area contributed by atoms with Crippen molar-refractivity contribution in [2.45, 2.75) is 24.7 Å². The van der Waals surface area contributed by atoms with Gasteiger partial charge in [-0.25, -0.2) is 0 Å². The molecule has 0 spiro atoms. The Morgan fingerprint density at radius 3 is 2.07 bits per heavy atom. The minimum absolute atomic E-state index is 0.0469. The van der Waals surface area contributed by atoms with Gasteiger partial charge in [0.15, 0.2) is 11.5 Å². The molecule has 0 fully saturated rings. The minimum Gasteiger partial charge on any atom is -0.493 e. The Kier molecular flexibility index (Phi) is 9.99. The SMILES string of the molecule is COc1ccc(N(CCc2ccc(C(F)(F)F)nc2)C(=O)[C@@H](NC(=O)[C@@H](N)c2ccccc2)c2ccccc2)cc1OC. The highest BCUT2D eigenvalue weighted by atomic mass is 19.4. The maximum Gasteiger partial charge on any atom is 0.433 e. The molecule has 8 nitrogen and oxygen atoms in total. The van der Waals surface area contributed by atoms with Crippen LogP contribution >= 0.6 is 0 Å². The molecule has 1 heterocycles. The molecule has 4 rings (SSSR count). The van der Waals surface area contributed by atoms with E-state index in [1.807, 2.05) is 0 Å². The number of methoxy groups -OCH3 is 2. The number of amides is 2. The smallest absolute Gasteiger partial charge is 0.433 e. The molecule has 0 aliphatic carbocycles. The van der Waals surface area contributed by atoms with Crippen LogP contribution in [0.3, 0.4) is 0 Å². The van der Waals surface area contributed by atoms with Crippen LogP contribution in [0.2, 0.25) is 0 Å². The number of ether oxygens (including phenoxy) is 2. The first-order valence-electron chi connectivity index (χ1n) is 13.3. The molecule has 3 aromatic carbocycles. The van der Waals surface area contributed by atoms with E-state index in [1.165, 1.54) is 25.2 Å². The van der Waals surface area contributed by atoms with Gasteiger partial charge in [0.1, 0.15) is 17.8 Å². The monoisotopic (exact) mass is 592 g/mol. The van der Waals surface area contributed by atoms with Crippen LogP contribution in [0.4, 0.5) is 18.9 Å². The maximum absolute atomic E-state index is 14.3. The molecule has 2 atom stereocenters. The predicted molar refractivity (Wildman–Crippen MR) is 156 cm³/mol. The van der Waals surface area contributed by atoms with Gasteiger partial charge in [0.2, 0.25) is 5.91 Å². The number of carbonyl (C=O) groups is 2. The molecule has 0 saturated heterocycles. The number of carbonyl (C=O) groups excluding carboxylic acids is 2. The van der Waals surface area contributed by atoms with Gasteiger partial charge in [-0.2, -0.15) is 13.2 Å². The Morgan fingerprint density at radius 2 is 1.51 bits per heavy atom. The van der Waals surface area contributed by atoms with Crippen molar-refractivity contribution in [1.82, 2.24) is 10.3 Å². The van der Waals surface area contributed by atoms with Crippen LogP contribution in [0.5, 0.6) is 11.5 Å². The highest BCUT2D eigenvalue weighted by molar-refractivity contribution is 6.00. The number of nitrogens with one attached hydrogen (secondary N) is 1. The Bertz CT molecular complexity index is 1520. The summed E-state index contributed by atoms with van der Waals surface area (Å²) in [5, 5.41) is 2.81. The Hall–Kier alpha value is -4.90. The Labute approximate surface area is 247 Å². The number of pyridine rings is 1. The van der Waals surface area contributed by atoms with E-state index in [9.17, 15) is 22.8 Å². The number of benzene rings is 3. The zero-order valence-corrected chi connectivity index (χ0v) is 23.5. The molecule has 43 heavy (non-hydrogen) atoms. The van der Waals surface area contributed by atoms with Gasteiger partial charge in [-0.15, -0.1) is 0 Å². The first-order valence-corrected chi connectivity index (χ1v) is 13.3. The molecule has 3 N–H and O–H groups in total. The van der Waals surface area contributed by atoms with E-state index >= 15 is 0 Å². The fourth-order valence-corrected chi connectivity index (χ4v) is 4.47. The number of halogens is 3. The number of rotatable bonds is 11. The van der Waals surface area contributed by atoms with E-state index < -0.39 is 35.8 Å². The van der Waals surface area contributed by atoms with E-state index in [4.69, 9.17) is 15.2 Å². The molecular formula is C32H31F3N4O4. The first-order chi connectivity index (χ1) is 20.6. The minimum atomic E-state index is -4.57. The van der Waals surface area contributed by atoms with Crippen molar-refractivity contribution in [2.75, 3.05) is 25.7 Å². The lowest BCUT2D eigenvalue weighted by Crippen LogP contribution is -2.46. The van der Waals surface area contributed by atoms with E-state index in [0.717, 1.165) is 12.3 Å². The number of anilines is 1. The Morgan fingerprint density at radius 1 is 0.884 bits per heavy atom. The van der Waals surface area contributed by atoms with E-state index in [1.54, 1.807) is 78.9 Å². The van der Waals surface area contributed by atoms with Crippen LogP contribution in [0.25, 0.3) is 0 Å². The summed E-state index contributed by atoms with van der Waals surface area (Å²) in [7, 11) is 2.94. The van der Waals surface area contributed by atoms with Gasteiger partial charge in [-0.1, -0.05) is 66.7 Å². The van der Waals surface area contributed by atoms with E-state index in [2.05, 4.69) is 10.3 Å². The van der Waals surface area contributed by atoms with Crippen molar-refractivity contribution in [1.29, 1.82) is 0 Å². The zero-order valence-electron chi connectivity index (χ0n) is 23.5. The summed E-state index contributed by atoms with van der Waals surface area (Å²) in [6.45, 7) is 0.0469. The van der Waals surface area contributed by atoms with Crippen molar-refractivity contribution in [3.63, 3.8) is 0 Å². The molecule has 1 aromatic heterocycles. The van der Waals surface area contributed by atoms with Crippen molar-refractivity contribution >= 4 is 17.5 Å². The van der Waals surface area contributed by atoms with Crippen LogP contribution in [0, 0.1) is 0 Å². The molecule has 2 amide bonds. The number of aromatic nitrogens is 1. The predicted octanol–water partition coefficient (Wildman–Crippen LogP) is 5.25. The topological polar surface area (TPSA) is 107 Å². The van der Waals surface area contributed by atoms with Gasteiger partial charge in [0.25, 0.3) is 5.91 Å². The molecule has 11 heteroatoms. The number of hydrogen-bond acceptors (Lipinski definition) is 6. The van der Waals surface area contributed by atoms with Gasteiger partial charge < -0.3 is 25.4 Å². The number of nitrogens with two attached hydrogens (primary N) is 1. The van der Waals surface area contributed by atoms with Gasteiger partial charge in [-0.05, 0) is 41.3 Å². The third kappa shape index (κ3) is 7.69. The molecule has 0 radical (unpaired) electrons. The van der Waals surface area contributed by atoms with E-state index in [-0.39, 0.29) is 13.0 Å². The van der Waals surface area contributed by atoms with Gasteiger partial charge in [0.05, 0.1) is 14.2 Å². The third-order valence-electron chi connectivity index (χ3n) is 6.79. The number of alkyl halides is 3. The van der Waals surface area contributed by atoms with Crippen molar-refractivity contribution in [3.05, 3.63) is 120 Å². The summed E-state index contributed by atoms with van der Waals surface area (Å²) in [5.74, 6) is -0.257. The highest BCUT2D eigenvalue weighted by Crippen LogP contribution is 2.33. The van der Waals surface area contributed by atoms with Crippen LogP contribution in [0.15, 0.2) is 97.2 Å². The van der Waals surface area contributed by atoms with Crippen molar-refractivity contribution in [3.8, 4) is 11.5 Å². The molecule has 0 saturated carbocycles. The van der Waals surface area contributed by atoms with Gasteiger partial charge >= 0.3 is 6.18 Å². The average Bonchev–Trinajstić information content (AvgIpc) is 3.03. The van der Waals surface area contributed by atoms with Gasteiger partial charge in [0, 0.05) is 24.5 Å².